The maximum absolute atomic E-state index is 12.4. The summed E-state index contributed by atoms with van der Waals surface area (Å²) < 4.78 is 23.2. The standard InChI is InChI=1S/C13H24N2O3S/c1-12(13(16)15-6-3-2-4-7-15)14-8-5-10-19(17,18)11-9-14/h12H,2-11H2,1H3/t12-/m0/s1. The summed E-state index contributed by atoms with van der Waals surface area (Å²) in [6.45, 7) is 4.82. The smallest absolute Gasteiger partial charge is 0.239 e. The molecule has 0 aromatic heterocycles. The van der Waals surface area contributed by atoms with Crippen LogP contribution in [-0.2, 0) is 14.6 Å². The van der Waals surface area contributed by atoms with E-state index < -0.39 is 9.84 Å². The average Bonchev–Trinajstić information content (AvgIpc) is 2.59. The van der Waals surface area contributed by atoms with E-state index in [1.54, 1.807) is 0 Å². The zero-order valence-corrected chi connectivity index (χ0v) is 12.5. The molecule has 0 aromatic rings. The Kier molecular flexibility index (Phi) is 4.84. The predicted molar refractivity (Wildman–Crippen MR) is 74.7 cm³/mol. The van der Waals surface area contributed by atoms with Crippen LogP contribution in [0.3, 0.4) is 0 Å². The molecule has 110 valence electrons. The molecular formula is C13H24N2O3S. The van der Waals surface area contributed by atoms with Gasteiger partial charge in [-0.3, -0.25) is 9.69 Å². The highest BCUT2D eigenvalue weighted by molar-refractivity contribution is 7.91. The van der Waals surface area contributed by atoms with Gasteiger partial charge in [0.1, 0.15) is 0 Å². The van der Waals surface area contributed by atoms with Crippen molar-refractivity contribution >= 4 is 15.7 Å². The summed E-state index contributed by atoms with van der Waals surface area (Å²) in [6, 6.07) is -0.189. The number of rotatable bonds is 2. The van der Waals surface area contributed by atoms with E-state index in [0.29, 0.717) is 19.5 Å². The summed E-state index contributed by atoms with van der Waals surface area (Å²) in [5, 5.41) is 0. The lowest BCUT2D eigenvalue weighted by Crippen LogP contribution is -2.49. The summed E-state index contributed by atoms with van der Waals surface area (Å²) in [5.41, 5.74) is 0. The number of piperidine rings is 1. The number of carbonyl (C=O) groups is 1. The van der Waals surface area contributed by atoms with Crippen molar-refractivity contribution in [3.63, 3.8) is 0 Å². The summed E-state index contributed by atoms with van der Waals surface area (Å²) in [4.78, 5) is 16.4. The fourth-order valence-electron chi connectivity index (χ4n) is 2.88. The molecule has 2 saturated heterocycles. The molecule has 0 spiro atoms. The van der Waals surface area contributed by atoms with Crippen LogP contribution in [-0.4, -0.2) is 67.9 Å². The first-order chi connectivity index (χ1) is 8.99. The van der Waals surface area contributed by atoms with Gasteiger partial charge in [-0.05, 0) is 39.2 Å². The van der Waals surface area contributed by atoms with E-state index in [2.05, 4.69) is 0 Å². The Morgan fingerprint density at radius 3 is 2.32 bits per heavy atom. The fourth-order valence-corrected chi connectivity index (χ4v) is 4.17. The molecule has 6 heteroatoms. The second kappa shape index (κ2) is 6.22. The molecule has 0 saturated carbocycles. The SMILES string of the molecule is C[C@@H](C(=O)N1CCCCC1)N1CCCS(=O)(=O)CC1. The van der Waals surface area contributed by atoms with E-state index in [4.69, 9.17) is 0 Å². The van der Waals surface area contributed by atoms with E-state index in [1.165, 1.54) is 6.42 Å². The predicted octanol–water partition coefficient (Wildman–Crippen LogP) is 0.508. The van der Waals surface area contributed by atoms with Crippen molar-refractivity contribution in [1.82, 2.24) is 9.80 Å². The van der Waals surface area contributed by atoms with E-state index in [-0.39, 0.29) is 23.5 Å². The molecule has 1 atom stereocenters. The third kappa shape index (κ3) is 3.92. The molecule has 0 unspecified atom stereocenters. The molecule has 0 aliphatic carbocycles. The van der Waals surface area contributed by atoms with E-state index in [0.717, 1.165) is 25.9 Å². The highest BCUT2D eigenvalue weighted by Crippen LogP contribution is 2.14. The Bertz CT molecular complexity index is 416. The zero-order chi connectivity index (χ0) is 13.9. The van der Waals surface area contributed by atoms with Gasteiger partial charge in [0.05, 0.1) is 17.5 Å². The summed E-state index contributed by atoms with van der Waals surface area (Å²) in [7, 11) is -2.90. The Labute approximate surface area is 115 Å². The van der Waals surface area contributed by atoms with Gasteiger partial charge in [0.25, 0.3) is 0 Å². The largest absolute Gasteiger partial charge is 0.341 e. The molecule has 0 aromatic carbocycles. The minimum atomic E-state index is -2.90. The van der Waals surface area contributed by atoms with Crippen molar-refractivity contribution in [2.45, 2.75) is 38.6 Å². The van der Waals surface area contributed by atoms with E-state index >= 15 is 0 Å². The molecule has 19 heavy (non-hydrogen) atoms. The van der Waals surface area contributed by atoms with Gasteiger partial charge in [0.15, 0.2) is 9.84 Å². The minimum Gasteiger partial charge on any atom is -0.341 e. The van der Waals surface area contributed by atoms with Crippen LogP contribution in [0, 0.1) is 0 Å². The molecule has 0 radical (unpaired) electrons. The highest BCUT2D eigenvalue weighted by atomic mass is 32.2. The first-order valence-electron chi connectivity index (χ1n) is 7.23. The number of sulfone groups is 1. The number of nitrogens with zero attached hydrogens (tertiary/aromatic N) is 2. The molecule has 2 aliphatic heterocycles. The molecule has 2 aliphatic rings. The Morgan fingerprint density at radius 2 is 1.63 bits per heavy atom. The van der Waals surface area contributed by atoms with Crippen molar-refractivity contribution in [3.8, 4) is 0 Å². The molecule has 2 rings (SSSR count). The van der Waals surface area contributed by atoms with Gasteiger partial charge in [-0.15, -0.1) is 0 Å². The first kappa shape index (κ1) is 14.8. The van der Waals surface area contributed by atoms with Crippen LogP contribution in [0.4, 0.5) is 0 Å². The number of amides is 1. The van der Waals surface area contributed by atoms with Gasteiger partial charge >= 0.3 is 0 Å². The first-order valence-corrected chi connectivity index (χ1v) is 9.05. The second-order valence-corrected chi connectivity index (χ2v) is 7.91. The third-order valence-electron chi connectivity index (χ3n) is 4.16. The van der Waals surface area contributed by atoms with Gasteiger partial charge < -0.3 is 4.90 Å². The summed E-state index contributed by atoms with van der Waals surface area (Å²) >= 11 is 0. The Hall–Kier alpha value is -0.620. The van der Waals surface area contributed by atoms with Gasteiger partial charge in [0.2, 0.25) is 5.91 Å². The minimum absolute atomic E-state index is 0.166. The lowest BCUT2D eigenvalue weighted by atomic mass is 10.1. The summed E-state index contributed by atoms with van der Waals surface area (Å²) in [6.07, 6.45) is 4.03. The number of likely N-dealkylation sites (tertiary alicyclic amines) is 1. The van der Waals surface area contributed by atoms with Crippen molar-refractivity contribution in [2.24, 2.45) is 0 Å². The molecule has 0 bridgehead atoms. The van der Waals surface area contributed by atoms with Gasteiger partial charge in [-0.1, -0.05) is 0 Å². The topological polar surface area (TPSA) is 57.7 Å². The average molecular weight is 288 g/mol. The molecule has 5 nitrogen and oxygen atoms in total. The van der Waals surface area contributed by atoms with Crippen molar-refractivity contribution in [2.75, 3.05) is 37.7 Å². The highest BCUT2D eigenvalue weighted by Gasteiger charge is 2.29. The third-order valence-corrected chi connectivity index (χ3v) is 5.88. The van der Waals surface area contributed by atoms with Crippen LogP contribution in [0.5, 0.6) is 0 Å². The number of hydrogen-bond acceptors (Lipinski definition) is 4. The molecular weight excluding hydrogens is 264 g/mol. The molecule has 0 N–H and O–H groups in total. The second-order valence-electron chi connectivity index (χ2n) is 5.60. The van der Waals surface area contributed by atoms with Crippen LogP contribution >= 0.6 is 0 Å². The van der Waals surface area contributed by atoms with E-state index in [1.807, 2.05) is 16.7 Å². The van der Waals surface area contributed by atoms with Crippen molar-refractivity contribution in [3.05, 3.63) is 0 Å². The monoisotopic (exact) mass is 288 g/mol. The van der Waals surface area contributed by atoms with Gasteiger partial charge in [-0.2, -0.15) is 0 Å². The quantitative estimate of drug-likeness (QED) is 0.743. The van der Waals surface area contributed by atoms with Crippen molar-refractivity contribution < 1.29 is 13.2 Å². The maximum atomic E-state index is 12.4. The number of hydrogen-bond donors (Lipinski definition) is 0. The lowest BCUT2D eigenvalue weighted by Gasteiger charge is -2.33. The Balaban J connectivity index is 1.94. The van der Waals surface area contributed by atoms with Crippen LogP contribution in [0.2, 0.25) is 0 Å². The van der Waals surface area contributed by atoms with Gasteiger partial charge in [-0.25, -0.2) is 8.42 Å². The molecule has 1 amide bonds. The van der Waals surface area contributed by atoms with Gasteiger partial charge in [0, 0.05) is 19.6 Å². The maximum Gasteiger partial charge on any atom is 0.239 e. The normalized spacial score (nSPS) is 26.7. The fraction of sp³-hybridized carbons (Fsp3) is 0.923. The Morgan fingerprint density at radius 1 is 0.947 bits per heavy atom. The number of carbonyl (C=O) groups excluding carboxylic acids is 1. The van der Waals surface area contributed by atoms with Crippen LogP contribution < -0.4 is 0 Å². The molecule has 2 fully saturated rings. The van der Waals surface area contributed by atoms with Crippen LogP contribution in [0.1, 0.15) is 32.6 Å². The van der Waals surface area contributed by atoms with Crippen LogP contribution in [0.15, 0.2) is 0 Å². The molecule has 2 heterocycles. The zero-order valence-electron chi connectivity index (χ0n) is 11.7. The lowest BCUT2D eigenvalue weighted by molar-refractivity contribution is -0.137. The van der Waals surface area contributed by atoms with Crippen LogP contribution in [0.25, 0.3) is 0 Å². The summed E-state index contributed by atoms with van der Waals surface area (Å²) in [5.74, 6) is 0.609. The van der Waals surface area contributed by atoms with Crippen molar-refractivity contribution in [1.29, 1.82) is 0 Å². The van der Waals surface area contributed by atoms with E-state index in [9.17, 15) is 13.2 Å².